The molecule has 1 aliphatic heterocycles. The molecular formula is C16H20BrClN4O. The molecule has 3 rings (SSSR count). The van der Waals surface area contributed by atoms with Gasteiger partial charge in [0.1, 0.15) is 5.82 Å². The lowest BCUT2D eigenvalue weighted by Gasteiger charge is -2.12. The number of benzene rings is 1. The lowest BCUT2D eigenvalue weighted by molar-refractivity contribution is -0.116. The van der Waals surface area contributed by atoms with Gasteiger partial charge in [0.15, 0.2) is 0 Å². The van der Waals surface area contributed by atoms with E-state index < -0.39 is 0 Å². The molecule has 5 nitrogen and oxygen atoms in total. The zero-order chi connectivity index (χ0) is 15.4. The van der Waals surface area contributed by atoms with Crippen molar-refractivity contribution in [1.29, 1.82) is 0 Å². The zero-order valence-electron chi connectivity index (χ0n) is 12.7. The van der Waals surface area contributed by atoms with E-state index in [0.29, 0.717) is 19.0 Å². The van der Waals surface area contributed by atoms with Crippen molar-refractivity contribution in [3.63, 3.8) is 0 Å². The minimum Gasteiger partial charge on any atom is -0.313 e. The Morgan fingerprint density at radius 3 is 3.04 bits per heavy atom. The Balaban J connectivity index is 0.00000192. The highest BCUT2D eigenvalue weighted by Gasteiger charge is 2.18. The molecule has 1 aromatic heterocycles. The van der Waals surface area contributed by atoms with Crippen LogP contribution in [0.2, 0.25) is 0 Å². The minimum atomic E-state index is 0. The highest BCUT2D eigenvalue weighted by Crippen LogP contribution is 2.16. The molecular weight excluding hydrogens is 380 g/mol. The fraction of sp³-hybridized carbons (Fsp3) is 0.375. The van der Waals surface area contributed by atoms with E-state index in [-0.39, 0.29) is 18.3 Å². The van der Waals surface area contributed by atoms with Crippen LogP contribution in [-0.4, -0.2) is 28.3 Å². The van der Waals surface area contributed by atoms with Crippen molar-refractivity contribution in [3.8, 4) is 0 Å². The van der Waals surface area contributed by atoms with Gasteiger partial charge >= 0.3 is 0 Å². The molecule has 1 saturated heterocycles. The van der Waals surface area contributed by atoms with E-state index in [1.807, 2.05) is 28.9 Å². The Hall–Kier alpha value is -1.37. The Kier molecular flexibility index (Phi) is 6.62. The smallest absolute Gasteiger partial charge is 0.227 e. The van der Waals surface area contributed by atoms with Crippen LogP contribution >= 0.6 is 28.3 Å². The molecule has 2 heterocycles. The quantitative estimate of drug-likeness (QED) is 0.812. The van der Waals surface area contributed by atoms with Crippen molar-refractivity contribution >= 4 is 40.1 Å². The monoisotopic (exact) mass is 398 g/mol. The third kappa shape index (κ3) is 5.06. The van der Waals surface area contributed by atoms with Gasteiger partial charge in [-0.2, -0.15) is 5.10 Å². The topological polar surface area (TPSA) is 59.0 Å². The first-order valence-corrected chi connectivity index (χ1v) is 8.29. The maximum absolute atomic E-state index is 12.1. The fourth-order valence-electron chi connectivity index (χ4n) is 2.72. The maximum atomic E-state index is 12.1. The molecule has 0 radical (unpaired) electrons. The van der Waals surface area contributed by atoms with Crippen LogP contribution in [0.15, 0.2) is 41.0 Å². The summed E-state index contributed by atoms with van der Waals surface area (Å²) in [6.07, 6.45) is 4.45. The molecule has 0 aliphatic carbocycles. The Morgan fingerprint density at radius 1 is 1.43 bits per heavy atom. The van der Waals surface area contributed by atoms with Crippen molar-refractivity contribution in [2.75, 3.05) is 11.9 Å². The van der Waals surface area contributed by atoms with Crippen molar-refractivity contribution in [2.24, 2.45) is 0 Å². The second-order valence-corrected chi connectivity index (χ2v) is 6.47. The van der Waals surface area contributed by atoms with Gasteiger partial charge in [0, 0.05) is 23.0 Å². The highest BCUT2D eigenvalue weighted by atomic mass is 79.9. The summed E-state index contributed by atoms with van der Waals surface area (Å²) in [5.41, 5.74) is 1.13. The van der Waals surface area contributed by atoms with Crippen LogP contribution in [0.3, 0.4) is 0 Å². The number of nitrogens with one attached hydrogen (secondary N) is 2. The van der Waals surface area contributed by atoms with E-state index in [2.05, 4.69) is 37.7 Å². The lowest BCUT2D eigenvalue weighted by Crippen LogP contribution is -2.28. The van der Waals surface area contributed by atoms with Gasteiger partial charge in [-0.3, -0.25) is 4.79 Å². The number of aromatic nitrogens is 2. The molecule has 1 amide bonds. The summed E-state index contributed by atoms with van der Waals surface area (Å²) >= 11 is 3.47. The van der Waals surface area contributed by atoms with E-state index in [9.17, 15) is 4.79 Å². The summed E-state index contributed by atoms with van der Waals surface area (Å²) in [7, 11) is 0. The summed E-state index contributed by atoms with van der Waals surface area (Å²) in [4.78, 5) is 12.1. The number of amides is 1. The molecule has 0 spiro atoms. The van der Waals surface area contributed by atoms with Gasteiger partial charge in [0.25, 0.3) is 0 Å². The summed E-state index contributed by atoms with van der Waals surface area (Å²) in [6.45, 7) is 1.64. The number of nitrogens with zero attached hydrogens (tertiary/aromatic N) is 2. The molecule has 1 aliphatic rings. The highest BCUT2D eigenvalue weighted by molar-refractivity contribution is 9.10. The number of hydrogen-bond donors (Lipinski definition) is 2. The number of hydrogen-bond acceptors (Lipinski definition) is 3. The van der Waals surface area contributed by atoms with Crippen LogP contribution < -0.4 is 10.6 Å². The number of rotatable bonds is 5. The molecule has 1 aromatic carbocycles. The van der Waals surface area contributed by atoms with Gasteiger partial charge < -0.3 is 10.6 Å². The average Bonchev–Trinajstić information content (AvgIpc) is 3.12. The van der Waals surface area contributed by atoms with Crippen LogP contribution in [-0.2, 0) is 11.3 Å². The minimum absolute atomic E-state index is 0. The van der Waals surface area contributed by atoms with Crippen molar-refractivity contribution in [2.45, 2.75) is 31.8 Å². The third-order valence-corrected chi connectivity index (χ3v) is 4.29. The van der Waals surface area contributed by atoms with Gasteiger partial charge in [0.2, 0.25) is 5.91 Å². The van der Waals surface area contributed by atoms with Gasteiger partial charge in [-0.05, 0) is 37.1 Å². The molecule has 2 N–H and O–H groups in total. The van der Waals surface area contributed by atoms with Crippen LogP contribution in [0, 0.1) is 0 Å². The first kappa shape index (κ1) is 18.0. The normalized spacial score (nSPS) is 16.8. The first-order valence-electron chi connectivity index (χ1n) is 7.50. The van der Waals surface area contributed by atoms with Gasteiger partial charge in [-0.25, -0.2) is 4.68 Å². The molecule has 23 heavy (non-hydrogen) atoms. The van der Waals surface area contributed by atoms with E-state index in [1.54, 1.807) is 6.20 Å². The van der Waals surface area contributed by atoms with Crippen LogP contribution in [0.1, 0.15) is 24.8 Å². The van der Waals surface area contributed by atoms with Gasteiger partial charge in [0.05, 0.1) is 12.7 Å². The second kappa shape index (κ2) is 8.47. The Labute approximate surface area is 150 Å². The Morgan fingerprint density at radius 2 is 2.30 bits per heavy atom. The van der Waals surface area contributed by atoms with Crippen molar-refractivity contribution in [3.05, 3.63) is 46.6 Å². The number of halogens is 2. The molecule has 1 atom stereocenters. The Bertz CT molecular complexity index is 655. The zero-order valence-corrected chi connectivity index (χ0v) is 15.1. The van der Waals surface area contributed by atoms with Crippen LogP contribution in [0.25, 0.3) is 0 Å². The van der Waals surface area contributed by atoms with Crippen molar-refractivity contribution < 1.29 is 4.79 Å². The van der Waals surface area contributed by atoms with E-state index in [0.717, 1.165) is 35.2 Å². The fourth-order valence-corrected chi connectivity index (χ4v) is 3.17. The molecule has 0 bridgehead atoms. The van der Waals surface area contributed by atoms with E-state index in [4.69, 9.17) is 0 Å². The lowest BCUT2D eigenvalue weighted by atomic mass is 10.1. The average molecular weight is 400 g/mol. The van der Waals surface area contributed by atoms with Gasteiger partial charge in [-0.1, -0.05) is 28.1 Å². The molecule has 124 valence electrons. The second-order valence-electron chi connectivity index (χ2n) is 5.55. The molecule has 2 aromatic rings. The predicted molar refractivity (Wildman–Crippen MR) is 97.0 cm³/mol. The molecule has 1 fully saturated rings. The molecule has 0 saturated carbocycles. The largest absolute Gasteiger partial charge is 0.313 e. The van der Waals surface area contributed by atoms with Crippen LogP contribution in [0.4, 0.5) is 5.82 Å². The standard InChI is InChI=1S/C16H19BrN4O.ClH/c17-13-4-1-3-12(9-13)11-21-15(6-8-19-21)20-16(22)10-14-5-2-7-18-14;/h1,3-4,6,8-9,14,18H,2,5,7,10-11H2,(H,20,22);1H. The number of carbonyl (C=O) groups excluding carboxylic acids is 1. The van der Waals surface area contributed by atoms with E-state index in [1.165, 1.54) is 0 Å². The molecule has 7 heteroatoms. The maximum Gasteiger partial charge on any atom is 0.227 e. The predicted octanol–water partition coefficient (Wildman–Crippen LogP) is 3.20. The first-order chi connectivity index (χ1) is 10.7. The number of carbonyl (C=O) groups is 1. The van der Waals surface area contributed by atoms with Gasteiger partial charge in [-0.15, -0.1) is 12.4 Å². The SMILES string of the molecule is Cl.O=C(CC1CCCN1)Nc1ccnn1Cc1cccc(Br)c1. The number of anilines is 1. The summed E-state index contributed by atoms with van der Waals surface area (Å²) < 4.78 is 2.84. The third-order valence-electron chi connectivity index (χ3n) is 3.80. The molecule has 1 unspecified atom stereocenters. The summed E-state index contributed by atoms with van der Waals surface area (Å²) in [5, 5.41) is 10.6. The van der Waals surface area contributed by atoms with Crippen molar-refractivity contribution in [1.82, 2.24) is 15.1 Å². The summed E-state index contributed by atoms with van der Waals surface area (Å²) in [5.74, 6) is 0.776. The van der Waals surface area contributed by atoms with Crippen LogP contribution in [0.5, 0.6) is 0 Å². The van der Waals surface area contributed by atoms with E-state index >= 15 is 0 Å². The summed E-state index contributed by atoms with van der Waals surface area (Å²) in [6, 6.07) is 10.2.